The molecule has 1 aliphatic heterocycles. The molecule has 2 heterocycles. The van der Waals surface area contributed by atoms with Gasteiger partial charge in [-0.1, -0.05) is 0 Å². The molecule has 2 aromatic rings. The Morgan fingerprint density at radius 2 is 2.21 bits per heavy atom. The fourth-order valence-corrected chi connectivity index (χ4v) is 2.46. The number of hydrogen-bond acceptors (Lipinski definition) is 5. The first-order valence-electron chi connectivity index (χ1n) is 7.82. The minimum Gasteiger partial charge on any atom is -0.497 e. The molecule has 1 fully saturated rings. The largest absolute Gasteiger partial charge is 0.497 e. The van der Waals surface area contributed by atoms with Crippen molar-refractivity contribution < 1.29 is 19.0 Å². The lowest BCUT2D eigenvalue weighted by Gasteiger charge is -2.12. The summed E-state index contributed by atoms with van der Waals surface area (Å²) in [4.78, 5) is 16.5. The summed E-state index contributed by atoms with van der Waals surface area (Å²) < 4.78 is 16.1. The summed E-state index contributed by atoms with van der Waals surface area (Å²) in [6.07, 6.45) is 2.42. The van der Waals surface area contributed by atoms with Crippen molar-refractivity contribution in [3.63, 3.8) is 0 Å². The molecule has 0 spiro atoms. The van der Waals surface area contributed by atoms with E-state index in [2.05, 4.69) is 10.3 Å². The number of ether oxygens (including phenoxy) is 3. The fourth-order valence-electron chi connectivity index (χ4n) is 2.46. The normalized spacial score (nSPS) is 16.7. The van der Waals surface area contributed by atoms with Crippen LogP contribution in [0, 0.1) is 6.92 Å². The lowest BCUT2D eigenvalue weighted by atomic mass is 10.1. The van der Waals surface area contributed by atoms with E-state index < -0.39 is 0 Å². The summed E-state index contributed by atoms with van der Waals surface area (Å²) in [5.74, 6) is 1.04. The maximum atomic E-state index is 12.3. The Bertz CT molecular complexity index is 709. The van der Waals surface area contributed by atoms with Crippen molar-refractivity contribution in [3.8, 4) is 11.6 Å². The lowest BCUT2D eigenvalue weighted by Crippen LogP contribution is -2.17. The van der Waals surface area contributed by atoms with Crippen LogP contribution in [-0.4, -0.2) is 37.3 Å². The topological polar surface area (TPSA) is 69.7 Å². The van der Waals surface area contributed by atoms with Gasteiger partial charge in [-0.15, -0.1) is 0 Å². The van der Waals surface area contributed by atoms with Crippen molar-refractivity contribution in [2.45, 2.75) is 19.4 Å². The van der Waals surface area contributed by atoms with Gasteiger partial charge in [0.2, 0.25) is 5.88 Å². The molecule has 1 aromatic heterocycles. The van der Waals surface area contributed by atoms with Gasteiger partial charge in [-0.2, -0.15) is 0 Å². The molecule has 1 aliphatic rings. The van der Waals surface area contributed by atoms with Crippen LogP contribution >= 0.6 is 0 Å². The number of anilines is 1. The number of pyridine rings is 1. The Labute approximate surface area is 140 Å². The predicted molar refractivity (Wildman–Crippen MR) is 89.8 cm³/mol. The van der Waals surface area contributed by atoms with Gasteiger partial charge in [0.15, 0.2) is 0 Å². The van der Waals surface area contributed by atoms with Crippen molar-refractivity contribution in [2.24, 2.45) is 0 Å². The van der Waals surface area contributed by atoms with Gasteiger partial charge in [-0.25, -0.2) is 4.98 Å². The van der Waals surface area contributed by atoms with Crippen LogP contribution in [0.3, 0.4) is 0 Å². The maximum Gasteiger partial charge on any atom is 0.257 e. The number of carbonyl (C=O) groups is 1. The van der Waals surface area contributed by atoms with E-state index >= 15 is 0 Å². The summed E-state index contributed by atoms with van der Waals surface area (Å²) in [6, 6.07) is 8.90. The molecule has 3 rings (SSSR count). The Hall–Kier alpha value is -2.60. The molecular weight excluding hydrogens is 308 g/mol. The second-order valence-electron chi connectivity index (χ2n) is 5.62. The number of rotatable bonds is 5. The molecular formula is C18H20N2O4. The third-order valence-corrected chi connectivity index (χ3v) is 3.86. The van der Waals surface area contributed by atoms with Crippen molar-refractivity contribution in [2.75, 3.05) is 25.6 Å². The average molecular weight is 328 g/mol. The zero-order valence-corrected chi connectivity index (χ0v) is 13.7. The van der Waals surface area contributed by atoms with Gasteiger partial charge in [0.05, 0.1) is 25.9 Å². The second-order valence-corrected chi connectivity index (χ2v) is 5.62. The van der Waals surface area contributed by atoms with Crippen LogP contribution in [0.1, 0.15) is 22.3 Å². The second kappa shape index (κ2) is 7.31. The number of amides is 1. The molecule has 6 heteroatoms. The molecule has 1 amide bonds. The lowest BCUT2D eigenvalue weighted by molar-refractivity contribution is 0.102. The summed E-state index contributed by atoms with van der Waals surface area (Å²) in [6.45, 7) is 3.21. The third-order valence-electron chi connectivity index (χ3n) is 3.86. The molecule has 1 atom stereocenters. The van der Waals surface area contributed by atoms with Gasteiger partial charge >= 0.3 is 0 Å². The predicted octanol–water partition coefficient (Wildman–Crippen LogP) is 2.82. The highest BCUT2D eigenvalue weighted by atomic mass is 16.5. The Kier molecular flexibility index (Phi) is 4.96. The van der Waals surface area contributed by atoms with Crippen LogP contribution in [0.15, 0.2) is 36.5 Å². The molecule has 1 aromatic carbocycles. The van der Waals surface area contributed by atoms with Gasteiger partial charge in [0.1, 0.15) is 11.9 Å². The summed E-state index contributed by atoms with van der Waals surface area (Å²) in [5.41, 5.74) is 2.14. The van der Waals surface area contributed by atoms with Crippen LogP contribution in [0.2, 0.25) is 0 Å². The first-order chi connectivity index (χ1) is 11.7. The first-order valence-corrected chi connectivity index (χ1v) is 7.82. The molecule has 0 saturated carbocycles. The standard InChI is InChI=1S/C18H20N2O4/c1-12-9-14(22-2)4-5-16(12)20-18(21)13-3-6-17(19-10-13)24-15-7-8-23-11-15/h3-6,9-10,15H,7-8,11H2,1-2H3,(H,20,21). The quantitative estimate of drug-likeness (QED) is 0.914. The highest BCUT2D eigenvalue weighted by Crippen LogP contribution is 2.22. The number of aryl methyl sites for hydroxylation is 1. The van der Waals surface area contributed by atoms with E-state index in [0.717, 1.165) is 23.4 Å². The monoisotopic (exact) mass is 328 g/mol. The molecule has 1 unspecified atom stereocenters. The van der Waals surface area contributed by atoms with Gasteiger partial charge < -0.3 is 19.5 Å². The minimum atomic E-state index is -0.216. The fraction of sp³-hybridized carbons (Fsp3) is 0.333. The number of hydrogen-bond donors (Lipinski definition) is 1. The highest BCUT2D eigenvalue weighted by Gasteiger charge is 2.18. The van der Waals surface area contributed by atoms with E-state index in [1.54, 1.807) is 19.2 Å². The van der Waals surface area contributed by atoms with Gasteiger partial charge in [0.25, 0.3) is 5.91 Å². The molecule has 0 bridgehead atoms. The number of nitrogens with zero attached hydrogens (tertiary/aromatic N) is 1. The van der Waals surface area contributed by atoms with Gasteiger partial charge in [0, 0.05) is 24.4 Å². The highest BCUT2D eigenvalue weighted by molar-refractivity contribution is 6.04. The minimum absolute atomic E-state index is 0.0409. The number of benzene rings is 1. The van der Waals surface area contributed by atoms with E-state index in [4.69, 9.17) is 14.2 Å². The van der Waals surface area contributed by atoms with Crippen LogP contribution in [0.5, 0.6) is 11.6 Å². The molecule has 0 radical (unpaired) electrons. The first kappa shape index (κ1) is 16.3. The molecule has 1 N–H and O–H groups in total. The maximum absolute atomic E-state index is 12.3. The van der Waals surface area contributed by atoms with Crippen molar-refractivity contribution >= 4 is 11.6 Å². The Balaban J connectivity index is 1.64. The Morgan fingerprint density at radius 1 is 1.33 bits per heavy atom. The zero-order chi connectivity index (χ0) is 16.9. The molecule has 126 valence electrons. The van der Waals surface area contributed by atoms with Gasteiger partial charge in [-0.05, 0) is 36.8 Å². The van der Waals surface area contributed by atoms with Crippen LogP contribution in [0.25, 0.3) is 0 Å². The zero-order valence-electron chi connectivity index (χ0n) is 13.7. The molecule has 1 saturated heterocycles. The van der Waals surface area contributed by atoms with E-state index in [1.165, 1.54) is 6.20 Å². The summed E-state index contributed by atoms with van der Waals surface area (Å²) in [7, 11) is 1.61. The summed E-state index contributed by atoms with van der Waals surface area (Å²) in [5, 5.41) is 2.88. The van der Waals surface area contributed by atoms with E-state index in [-0.39, 0.29) is 12.0 Å². The number of carbonyl (C=O) groups excluding carboxylic acids is 1. The van der Waals surface area contributed by atoms with Crippen LogP contribution in [-0.2, 0) is 4.74 Å². The average Bonchev–Trinajstić information content (AvgIpc) is 3.10. The van der Waals surface area contributed by atoms with Crippen molar-refractivity contribution in [1.82, 2.24) is 4.98 Å². The van der Waals surface area contributed by atoms with E-state index in [9.17, 15) is 4.79 Å². The van der Waals surface area contributed by atoms with E-state index in [1.807, 2.05) is 25.1 Å². The molecule has 6 nitrogen and oxygen atoms in total. The van der Waals surface area contributed by atoms with Gasteiger partial charge in [-0.3, -0.25) is 4.79 Å². The van der Waals surface area contributed by atoms with Crippen molar-refractivity contribution in [1.29, 1.82) is 0 Å². The SMILES string of the molecule is COc1ccc(NC(=O)c2ccc(OC3CCOC3)nc2)c(C)c1. The number of methoxy groups -OCH3 is 1. The van der Waals surface area contributed by atoms with Crippen LogP contribution < -0.4 is 14.8 Å². The summed E-state index contributed by atoms with van der Waals surface area (Å²) >= 11 is 0. The number of aromatic nitrogens is 1. The van der Waals surface area contributed by atoms with Crippen LogP contribution in [0.4, 0.5) is 5.69 Å². The number of nitrogens with one attached hydrogen (secondary N) is 1. The smallest absolute Gasteiger partial charge is 0.257 e. The molecule has 24 heavy (non-hydrogen) atoms. The van der Waals surface area contributed by atoms with E-state index in [0.29, 0.717) is 24.7 Å². The van der Waals surface area contributed by atoms with Crippen molar-refractivity contribution in [3.05, 3.63) is 47.7 Å². The molecule has 0 aliphatic carbocycles. The third kappa shape index (κ3) is 3.83. The Morgan fingerprint density at radius 3 is 2.83 bits per heavy atom.